The number of likely N-dealkylation sites (tertiary alicyclic amines) is 1. The van der Waals surface area contributed by atoms with Gasteiger partial charge in [0.15, 0.2) is 0 Å². The van der Waals surface area contributed by atoms with Crippen molar-refractivity contribution in [2.45, 2.75) is 19.4 Å². The van der Waals surface area contributed by atoms with Crippen molar-refractivity contribution in [3.8, 4) is 0 Å². The van der Waals surface area contributed by atoms with Crippen molar-refractivity contribution in [3.05, 3.63) is 65.5 Å². The van der Waals surface area contributed by atoms with Crippen molar-refractivity contribution < 1.29 is 14.7 Å². The molecule has 0 spiro atoms. The lowest BCUT2D eigenvalue weighted by molar-refractivity contribution is 0.0541. The fourth-order valence-electron chi connectivity index (χ4n) is 3.19. The number of rotatable bonds is 4. The smallest absolute Gasteiger partial charge is 0.253 e. The third kappa shape index (κ3) is 4.08. The normalized spacial score (nSPS) is 19.8. The quantitative estimate of drug-likeness (QED) is 0.875. The predicted octanol–water partition coefficient (Wildman–Crippen LogP) is 1.64. The molecule has 0 unspecified atom stereocenters. The number of hydrogen-bond donors (Lipinski definition) is 2. The Morgan fingerprint density at radius 3 is 2.65 bits per heavy atom. The number of benzene rings is 1. The maximum atomic E-state index is 12.7. The van der Waals surface area contributed by atoms with Gasteiger partial charge in [-0.25, -0.2) is 0 Å². The zero-order valence-electron chi connectivity index (χ0n) is 14.8. The second kappa shape index (κ2) is 8.10. The molecule has 2 N–H and O–H groups in total. The van der Waals surface area contributed by atoms with Gasteiger partial charge < -0.3 is 15.3 Å². The van der Waals surface area contributed by atoms with Crippen molar-refractivity contribution in [2.24, 2.45) is 5.92 Å². The van der Waals surface area contributed by atoms with Gasteiger partial charge in [-0.1, -0.05) is 17.7 Å². The largest absolute Gasteiger partial charge is 0.396 e. The van der Waals surface area contributed by atoms with Crippen molar-refractivity contribution in [2.75, 3.05) is 19.7 Å². The first-order chi connectivity index (χ1) is 12.6. The molecule has 6 heteroatoms. The number of nitrogens with zero attached hydrogens (tertiary/aromatic N) is 2. The number of aliphatic hydroxyl groups is 1. The molecule has 1 saturated heterocycles. The maximum Gasteiger partial charge on any atom is 0.253 e. The minimum atomic E-state index is -0.296. The number of pyridine rings is 1. The Morgan fingerprint density at radius 1 is 1.23 bits per heavy atom. The van der Waals surface area contributed by atoms with Crippen LogP contribution in [0.1, 0.15) is 32.7 Å². The monoisotopic (exact) mass is 353 g/mol. The molecule has 2 aromatic rings. The molecule has 2 heterocycles. The summed E-state index contributed by atoms with van der Waals surface area (Å²) in [4.78, 5) is 30.9. The number of carbonyl (C=O) groups excluding carboxylic acids is 2. The molecule has 0 radical (unpaired) electrons. The minimum Gasteiger partial charge on any atom is -0.396 e. The minimum absolute atomic E-state index is 0.0233. The van der Waals surface area contributed by atoms with E-state index in [1.54, 1.807) is 23.2 Å². The summed E-state index contributed by atoms with van der Waals surface area (Å²) in [5.41, 5.74) is 2.20. The lowest BCUT2D eigenvalue weighted by atomic mass is 9.91. The van der Waals surface area contributed by atoms with Gasteiger partial charge in [-0.15, -0.1) is 0 Å². The zero-order chi connectivity index (χ0) is 18.5. The third-order valence-corrected chi connectivity index (χ3v) is 4.82. The van der Waals surface area contributed by atoms with Crippen LogP contribution in [0.2, 0.25) is 0 Å². The second-order valence-corrected chi connectivity index (χ2v) is 6.67. The molecule has 1 aromatic carbocycles. The molecular formula is C20H23N3O3. The zero-order valence-corrected chi connectivity index (χ0v) is 14.8. The van der Waals surface area contributed by atoms with Crippen molar-refractivity contribution in [3.63, 3.8) is 0 Å². The molecule has 6 nitrogen and oxygen atoms in total. The van der Waals surface area contributed by atoms with Crippen LogP contribution in [0.4, 0.5) is 0 Å². The van der Waals surface area contributed by atoms with Crippen LogP contribution in [0, 0.1) is 12.8 Å². The van der Waals surface area contributed by atoms with Gasteiger partial charge in [-0.3, -0.25) is 14.6 Å². The fraction of sp³-hybridized carbons (Fsp3) is 0.350. The molecule has 1 fully saturated rings. The molecule has 2 atom stereocenters. The van der Waals surface area contributed by atoms with Crippen LogP contribution < -0.4 is 5.32 Å². The van der Waals surface area contributed by atoms with E-state index in [4.69, 9.17) is 0 Å². The molecule has 0 saturated carbocycles. The summed E-state index contributed by atoms with van der Waals surface area (Å²) >= 11 is 0. The van der Waals surface area contributed by atoms with Crippen LogP contribution in [0.3, 0.4) is 0 Å². The van der Waals surface area contributed by atoms with E-state index in [-0.39, 0.29) is 30.4 Å². The Morgan fingerprint density at radius 2 is 2.00 bits per heavy atom. The second-order valence-electron chi connectivity index (χ2n) is 6.67. The van der Waals surface area contributed by atoms with Gasteiger partial charge in [0.2, 0.25) is 0 Å². The third-order valence-electron chi connectivity index (χ3n) is 4.82. The van der Waals surface area contributed by atoms with E-state index in [2.05, 4.69) is 10.3 Å². The average Bonchev–Trinajstić information content (AvgIpc) is 2.68. The molecule has 3 rings (SSSR count). The standard InChI is InChI=1S/C20H23N3O3/c1-14-4-6-15(7-5-14)20(26)23-10-8-17(13-24)18(12-23)22-19(25)16-3-2-9-21-11-16/h2-7,9,11,17-18,24H,8,10,12-13H2,1H3,(H,22,25)/t17-,18-/m1/s1. The molecule has 26 heavy (non-hydrogen) atoms. The van der Waals surface area contributed by atoms with Gasteiger partial charge in [-0.05, 0) is 37.6 Å². The number of aromatic nitrogens is 1. The Bertz CT molecular complexity index is 762. The molecule has 136 valence electrons. The average molecular weight is 353 g/mol. The van der Waals surface area contributed by atoms with Crippen LogP contribution in [0.15, 0.2) is 48.8 Å². The van der Waals surface area contributed by atoms with Crippen LogP contribution >= 0.6 is 0 Å². The molecule has 1 aliphatic rings. The van der Waals surface area contributed by atoms with Gasteiger partial charge in [0.25, 0.3) is 11.8 Å². The summed E-state index contributed by atoms with van der Waals surface area (Å²) in [6.45, 7) is 2.90. The summed E-state index contributed by atoms with van der Waals surface area (Å²) in [5.74, 6) is -0.370. The van der Waals surface area contributed by atoms with E-state index in [0.29, 0.717) is 30.6 Å². The molecule has 0 bridgehead atoms. The first kappa shape index (κ1) is 18.1. The molecule has 0 aliphatic carbocycles. The number of aliphatic hydroxyl groups excluding tert-OH is 1. The number of aryl methyl sites for hydroxylation is 1. The number of amides is 2. The number of piperidine rings is 1. The number of carbonyl (C=O) groups is 2. The number of nitrogens with one attached hydrogen (secondary N) is 1. The van der Waals surface area contributed by atoms with Crippen LogP contribution in [0.25, 0.3) is 0 Å². The first-order valence-corrected chi connectivity index (χ1v) is 8.76. The van der Waals surface area contributed by atoms with E-state index in [1.165, 1.54) is 6.20 Å². The summed E-state index contributed by atoms with van der Waals surface area (Å²) in [5, 5.41) is 12.6. The van der Waals surface area contributed by atoms with Crippen molar-refractivity contribution in [1.82, 2.24) is 15.2 Å². The highest BCUT2D eigenvalue weighted by molar-refractivity contribution is 5.95. The highest BCUT2D eigenvalue weighted by atomic mass is 16.3. The summed E-state index contributed by atoms with van der Waals surface area (Å²) < 4.78 is 0. The maximum absolute atomic E-state index is 12.7. The summed E-state index contributed by atoms with van der Waals surface area (Å²) in [6, 6.07) is 10.6. The van der Waals surface area contributed by atoms with E-state index in [0.717, 1.165) is 5.56 Å². The van der Waals surface area contributed by atoms with Gasteiger partial charge in [-0.2, -0.15) is 0 Å². The fourth-order valence-corrected chi connectivity index (χ4v) is 3.19. The Balaban J connectivity index is 1.71. The molecule has 1 aromatic heterocycles. The Labute approximate surface area is 152 Å². The lowest BCUT2D eigenvalue weighted by Gasteiger charge is -2.38. The lowest BCUT2D eigenvalue weighted by Crippen LogP contribution is -2.55. The summed E-state index contributed by atoms with van der Waals surface area (Å²) in [7, 11) is 0. The van der Waals surface area contributed by atoms with Gasteiger partial charge in [0.1, 0.15) is 0 Å². The van der Waals surface area contributed by atoms with Gasteiger partial charge >= 0.3 is 0 Å². The topological polar surface area (TPSA) is 82.5 Å². The summed E-state index contributed by atoms with van der Waals surface area (Å²) in [6.07, 6.45) is 3.75. The highest BCUT2D eigenvalue weighted by Gasteiger charge is 2.32. The highest BCUT2D eigenvalue weighted by Crippen LogP contribution is 2.20. The Kier molecular flexibility index (Phi) is 5.63. The molecule has 1 aliphatic heterocycles. The van der Waals surface area contributed by atoms with Crippen molar-refractivity contribution >= 4 is 11.8 Å². The molecular weight excluding hydrogens is 330 g/mol. The van der Waals surface area contributed by atoms with Crippen LogP contribution in [0.5, 0.6) is 0 Å². The van der Waals surface area contributed by atoms with Crippen LogP contribution in [-0.4, -0.2) is 52.5 Å². The SMILES string of the molecule is Cc1ccc(C(=O)N2CC[C@H](CO)[C@H](NC(=O)c3cccnc3)C2)cc1. The van der Waals surface area contributed by atoms with Gasteiger partial charge in [0.05, 0.1) is 11.6 Å². The van der Waals surface area contributed by atoms with Crippen molar-refractivity contribution in [1.29, 1.82) is 0 Å². The molecule has 2 amide bonds. The Hall–Kier alpha value is -2.73. The van der Waals surface area contributed by atoms with E-state index < -0.39 is 0 Å². The van der Waals surface area contributed by atoms with Crippen LogP contribution in [-0.2, 0) is 0 Å². The predicted molar refractivity (Wildman–Crippen MR) is 97.8 cm³/mol. The van der Waals surface area contributed by atoms with Gasteiger partial charge in [0, 0.05) is 43.6 Å². The number of hydrogen-bond acceptors (Lipinski definition) is 4. The first-order valence-electron chi connectivity index (χ1n) is 8.76. The van der Waals surface area contributed by atoms with E-state index >= 15 is 0 Å². The van der Waals surface area contributed by atoms with E-state index in [1.807, 2.05) is 31.2 Å². The van der Waals surface area contributed by atoms with E-state index in [9.17, 15) is 14.7 Å².